The fraction of sp³-hybridized carbons (Fsp3) is 0.174. The lowest BCUT2D eigenvalue weighted by molar-refractivity contribution is -0.125. The highest BCUT2D eigenvalue weighted by atomic mass is 16.5. The highest BCUT2D eigenvalue weighted by Gasteiger charge is 2.15. The Labute approximate surface area is 173 Å². The van der Waals surface area contributed by atoms with Crippen LogP contribution in [-0.4, -0.2) is 31.0 Å². The Kier molecular flexibility index (Phi) is 6.64. The number of esters is 1. The smallest absolute Gasteiger partial charge is 0.338 e. The van der Waals surface area contributed by atoms with Gasteiger partial charge in [-0.1, -0.05) is 42.5 Å². The van der Waals surface area contributed by atoms with Crippen LogP contribution in [-0.2, 0) is 14.3 Å². The maximum Gasteiger partial charge on any atom is 0.338 e. The predicted molar refractivity (Wildman–Crippen MR) is 112 cm³/mol. The van der Waals surface area contributed by atoms with Gasteiger partial charge in [0.05, 0.1) is 11.6 Å². The molecule has 1 atom stereocenters. The number of ether oxygens (including phenoxy) is 2. The van der Waals surface area contributed by atoms with Crippen LogP contribution in [0.15, 0.2) is 66.7 Å². The van der Waals surface area contributed by atoms with Crippen LogP contribution >= 0.6 is 0 Å². The second-order valence-electron chi connectivity index (χ2n) is 6.71. The molecule has 7 heteroatoms. The van der Waals surface area contributed by atoms with Crippen LogP contribution in [0.1, 0.15) is 28.9 Å². The van der Waals surface area contributed by atoms with Gasteiger partial charge in [0.2, 0.25) is 0 Å². The molecule has 0 aliphatic rings. The summed E-state index contributed by atoms with van der Waals surface area (Å²) >= 11 is 0. The SMILES string of the molecule is C[C@H](NC(=O)COC(=O)c1ccc(OCC(N)=O)cc1)c1cccc2ccccc12. The van der Waals surface area contributed by atoms with Gasteiger partial charge < -0.3 is 20.5 Å². The molecular formula is C23H22N2O5. The van der Waals surface area contributed by atoms with Crippen LogP contribution in [0.5, 0.6) is 5.75 Å². The van der Waals surface area contributed by atoms with E-state index in [1.165, 1.54) is 24.3 Å². The predicted octanol–water partition coefficient (Wildman–Crippen LogP) is 2.74. The molecule has 2 amide bonds. The first kappa shape index (κ1) is 20.9. The topological polar surface area (TPSA) is 108 Å². The zero-order valence-electron chi connectivity index (χ0n) is 16.5. The van der Waals surface area contributed by atoms with Crippen molar-refractivity contribution in [3.8, 4) is 5.75 Å². The van der Waals surface area contributed by atoms with Crippen LogP contribution in [0.25, 0.3) is 10.8 Å². The molecule has 0 radical (unpaired) electrons. The maximum atomic E-state index is 12.2. The minimum absolute atomic E-state index is 0.246. The van der Waals surface area contributed by atoms with Gasteiger partial charge in [-0.15, -0.1) is 0 Å². The molecular weight excluding hydrogens is 384 g/mol. The molecule has 0 aliphatic heterocycles. The van der Waals surface area contributed by atoms with E-state index in [4.69, 9.17) is 15.2 Å². The standard InChI is InChI=1S/C23H22N2O5/c1-15(19-8-4-6-16-5-2-3-7-20(16)19)25-22(27)14-30-23(28)17-9-11-18(12-10-17)29-13-21(24)26/h2-12,15H,13-14H2,1H3,(H2,24,26)(H,25,27)/t15-/m0/s1. The second-order valence-corrected chi connectivity index (χ2v) is 6.71. The van der Waals surface area contributed by atoms with Gasteiger partial charge in [0, 0.05) is 0 Å². The van der Waals surface area contributed by atoms with Crippen molar-refractivity contribution in [2.24, 2.45) is 5.73 Å². The number of amides is 2. The first-order chi connectivity index (χ1) is 14.4. The average molecular weight is 406 g/mol. The Hall–Kier alpha value is -3.87. The maximum absolute atomic E-state index is 12.2. The Morgan fingerprint density at radius 1 is 0.933 bits per heavy atom. The van der Waals surface area contributed by atoms with Crippen LogP contribution in [0.3, 0.4) is 0 Å². The largest absolute Gasteiger partial charge is 0.484 e. The fourth-order valence-electron chi connectivity index (χ4n) is 3.05. The van der Waals surface area contributed by atoms with Gasteiger partial charge >= 0.3 is 5.97 Å². The molecule has 3 rings (SSSR count). The monoisotopic (exact) mass is 406 g/mol. The van der Waals surface area contributed by atoms with Crippen molar-refractivity contribution >= 4 is 28.6 Å². The number of nitrogens with two attached hydrogens (primary N) is 1. The van der Waals surface area contributed by atoms with Gasteiger partial charge in [-0.05, 0) is 47.5 Å². The van der Waals surface area contributed by atoms with Crippen LogP contribution < -0.4 is 15.8 Å². The molecule has 0 saturated heterocycles. The number of fused-ring (bicyclic) bond motifs is 1. The minimum Gasteiger partial charge on any atom is -0.484 e. The second kappa shape index (κ2) is 9.56. The Morgan fingerprint density at radius 3 is 2.37 bits per heavy atom. The molecule has 3 aromatic carbocycles. The number of hydrogen-bond acceptors (Lipinski definition) is 5. The van der Waals surface area contributed by atoms with Gasteiger partial charge in [-0.25, -0.2) is 4.79 Å². The Balaban J connectivity index is 1.53. The van der Waals surface area contributed by atoms with Crippen molar-refractivity contribution < 1.29 is 23.9 Å². The van der Waals surface area contributed by atoms with E-state index < -0.39 is 24.4 Å². The number of nitrogens with one attached hydrogen (secondary N) is 1. The van der Waals surface area contributed by atoms with E-state index in [1.807, 2.05) is 49.4 Å². The summed E-state index contributed by atoms with van der Waals surface area (Å²) in [6.07, 6.45) is 0. The van der Waals surface area contributed by atoms with E-state index >= 15 is 0 Å². The quantitative estimate of drug-likeness (QED) is 0.559. The van der Waals surface area contributed by atoms with E-state index in [-0.39, 0.29) is 18.2 Å². The fourth-order valence-corrected chi connectivity index (χ4v) is 3.05. The third-order valence-corrected chi connectivity index (χ3v) is 4.47. The highest BCUT2D eigenvalue weighted by Crippen LogP contribution is 2.24. The van der Waals surface area contributed by atoms with Crippen molar-refractivity contribution in [1.82, 2.24) is 5.32 Å². The molecule has 0 unspecified atom stereocenters. The number of rotatable bonds is 8. The molecule has 0 fully saturated rings. The Morgan fingerprint density at radius 2 is 1.63 bits per heavy atom. The summed E-state index contributed by atoms with van der Waals surface area (Å²) in [4.78, 5) is 35.1. The van der Waals surface area contributed by atoms with E-state index in [2.05, 4.69) is 5.32 Å². The van der Waals surface area contributed by atoms with E-state index in [0.717, 1.165) is 16.3 Å². The lowest BCUT2D eigenvalue weighted by Crippen LogP contribution is -2.31. The molecule has 0 aromatic heterocycles. The molecule has 0 aliphatic carbocycles. The molecule has 0 spiro atoms. The van der Waals surface area contributed by atoms with Gasteiger partial charge in [-0.2, -0.15) is 0 Å². The van der Waals surface area contributed by atoms with Crippen molar-refractivity contribution in [3.63, 3.8) is 0 Å². The number of benzene rings is 3. The van der Waals surface area contributed by atoms with E-state index in [9.17, 15) is 14.4 Å². The summed E-state index contributed by atoms with van der Waals surface area (Å²) < 4.78 is 10.2. The van der Waals surface area contributed by atoms with Gasteiger partial charge in [0.25, 0.3) is 11.8 Å². The lowest BCUT2D eigenvalue weighted by atomic mass is 10.00. The molecule has 0 heterocycles. The molecule has 30 heavy (non-hydrogen) atoms. The van der Waals surface area contributed by atoms with Gasteiger partial charge in [-0.3, -0.25) is 9.59 Å². The van der Waals surface area contributed by atoms with Crippen molar-refractivity contribution in [2.75, 3.05) is 13.2 Å². The molecule has 7 nitrogen and oxygen atoms in total. The minimum atomic E-state index is -0.635. The summed E-state index contributed by atoms with van der Waals surface area (Å²) in [7, 11) is 0. The molecule has 154 valence electrons. The Bertz CT molecular complexity index is 1060. The zero-order valence-corrected chi connectivity index (χ0v) is 16.5. The van der Waals surface area contributed by atoms with Crippen LogP contribution in [0, 0.1) is 0 Å². The van der Waals surface area contributed by atoms with Crippen molar-refractivity contribution in [3.05, 3.63) is 77.9 Å². The summed E-state index contributed by atoms with van der Waals surface area (Å²) in [5, 5.41) is 5.00. The number of carbonyl (C=O) groups is 3. The number of carbonyl (C=O) groups excluding carboxylic acids is 3. The van der Waals surface area contributed by atoms with Crippen LogP contribution in [0.2, 0.25) is 0 Å². The normalized spacial score (nSPS) is 11.5. The molecule has 0 saturated carbocycles. The highest BCUT2D eigenvalue weighted by molar-refractivity contribution is 5.92. The zero-order chi connectivity index (χ0) is 21.5. The van der Waals surface area contributed by atoms with Gasteiger partial charge in [0.1, 0.15) is 5.75 Å². The molecule has 3 aromatic rings. The number of primary amides is 1. The molecule has 3 N–H and O–H groups in total. The summed E-state index contributed by atoms with van der Waals surface area (Å²) in [5.41, 5.74) is 6.26. The van der Waals surface area contributed by atoms with E-state index in [0.29, 0.717) is 5.75 Å². The summed E-state index contributed by atoms with van der Waals surface area (Å²) in [6.45, 7) is 1.24. The van der Waals surface area contributed by atoms with E-state index in [1.54, 1.807) is 0 Å². The summed E-state index contributed by atoms with van der Waals surface area (Å²) in [6, 6.07) is 19.6. The third kappa shape index (κ3) is 5.35. The lowest BCUT2D eigenvalue weighted by Gasteiger charge is -2.16. The third-order valence-electron chi connectivity index (χ3n) is 4.47. The first-order valence-electron chi connectivity index (χ1n) is 9.39. The molecule has 0 bridgehead atoms. The van der Waals surface area contributed by atoms with Gasteiger partial charge in [0.15, 0.2) is 13.2 Å². The summed E-state index contributed by atoms with van der Waals surface area (Å²) in [5.74, 6) is -1.23. The van der Waals surface area contributed by atoms with Crippen LogP contribution in [0.4, 0.5) is 0 Å². The number of hydrogen-bond donors (Lipinski definition) is 2. The average Bonchev–Trinajstić information content (AvgIpc) is 2.76. The first-order valence-corrected chi connectivity index (χ1v) is 9.39. The van der Waals surface area contributed by atoms with Crippen molar-refractivity contribution in [1.29, 1.82) is 0 Å². The van der Waals surface area contributed by atoms with Crippen molar-refractivity contribution in [2.45, 2.75) is 13.0 Å².